The standard InChI is InChI=1S/C14H24F3NO2/c1-9(2)8-12(13(19)20-3)18-11-7-5-4-6-10(11)14(15,16)17/h9-12,18H,4-8H2,1-3H3. The number of hydrogen-bond donors (Lipinski definition) is 1. The van der Waals surface area contributed by atoms with Crippen LogP contribution >= 0.6 is 0 Å². The number of carbonyl (C=O) groups excluding carboxylic acids is 1. The molecule has 0 aromatic carbocycles. The lowest BCUT2D eigenvalue weighted by Crippen LogP contribution is -2.52. The molecule has 3 nitrogen and oxygen atoms in total. The minimum Gasteiger partial charge on any atom is -0.468 e. The summed E-state index contributed by atoms with van der Waals surface area (Å²) in [5, 5.41) is 2.90. The number of methoxy groups -OCH3 is 1. The van der Waals surface area contributed by atoms with Gasteiger partial charge in [-0.25, -0.2) is 0 Å². The van der Waals surface area contributed by atoms with E-state index in [0.29, 0.717) is 19.3 Å². The summed E-state index contributed by atoms with van der Waals surface area (Å²) in [7, 11) is 1.26. The maximum absolute atomic E-state index is 13.0. The van der Waals surface area contributed by atoms with Gasteiger partial charge in [-0.3, -0.25) is 4.79 Å². The van der Waals surface area contributed by atoms with Crippen molar-refractivity contribution in [1.82, 2.24) is 5.32 Å². The van der Waals surface area contributed by atoms with Crippen LogP contribution in [-0.4, -0.2) is 31.3 Å². The predicted octanol–water partition coefficient (Wildman–Crippen LogP) is 3.28. The minimum absolute atomic E-state index is 0.136. The molecular formula is C14H24F3NO2. The van der Waals surface area contributed by atoms with Crippen LogP contribution in [0.3, 0.4) is 0 Å². The highest BCUT2D eigenvalue weighted by atomic mass is 19.4. The fourth-order valence-electron chi connectivity index (χ4n) is 2.83. The first-order valence-corrected chi connectivity index (χ1v) is 7.16. The van der Waals surface area contributed by atoms with Crippen LogP contribution in [0.4, 0.5) is 13.2 Å². The van der Waals surface area contributed by atoms with Gasteiger partial charge < -0.3 is 10.1 Å². The lowest BCUT2D eigenvalue weighted by molar-refractivity contribution is -0.190. The quantitative estimate of drug-likeness (QED) is 0.791. The first-order chi connectivity index (χ1) is 9.25. The van der Waals surface area contributed by atoms with Crippen molar-refractivity contribution in [1.29, 1.82) is 0 Å². The highest BCUT2D eigenvalue weighted by Gasteiger charge is 2.46. The number of alkyl halides is 3. The SMILES string of the molecule is COC(=O)C(CC(C)C)NC1CCCCC1C(F)(F)F. The maximum atomic E-state index is 13.0. The number of nitrogens with one attached hydrogen (secondary N) is 1. The number of ether oxygens (including phenoxy) is 1. The second kappa shape index (κ2) is 7.29. The van der Waals surface area contributed by atoms with Gasteiger partial charge in [0.2, 0.25) is 0 Å². The highest BCUT2D eigenvalue weighted by molar-refractivity contribution is 5.75. The lowest BCUT2D eigenvalue weighted by Gasteiger charge is -2.35. The Morgan fingerprint density at radius 3 is 2.40 bits per heavy atom. The first-order valence-electron chi connectivity index (χ1n) is 7.16. The van der Waals surface area contributed by atoms with Gasteiger partial charge in [-0.1, -0.05) is 26.7 Å². The maximum Gasteiger partial charge on any atom is 0.393 e. The van der Waals surface area contributed by atoms with Crippen LogP contribution in [0.25, 0.3) is 0 Å². The molecular weight excluding hydrogens is 271 g/mol. The predicted molar refractivity (Wildman–Crippen MR) is 70.2 cm³/mol. The Morgan fingerprint density at radius 1 is 1.30 bits per heavy atom. The zero-order valence-corrected chi connectivity index (χ0v) is 12.3. The fraction of sp³-hybridized carbons (Fsp3) is 0.929. The summed E-state index contributed by atoms with van der Waals surface area (Å²) in [5.41, 5.74) is 0. The van der Waals surface area contributed by atoms with E-state index in [1.54, 1.807) is 0 Å². The molecule has 0 bridgehead atoms. The summed E-state index contributed by atoms with van der Waals surface area (Å²) in [6.45, 7) is 3.86. The van der Waals surface area contributed by atoms with Crippen LogP contribution in [0.5, 0.6) is 0 Å². The van der Waals surface area contributed by atoms with E-state index in [2.05, 4.69) is 5.32 Å². The van der Waals surface area contributed by atoms with Crippen molar-refractivity contribution in [3.05, 3.63) is 0 Å². The molecule has 0 aromatic heterocycles. The number of esters is 1. The summed E-state index contributed by atoms with van der Waals surface area (Å²) in [6, 6.07) is -1.35. The van der Waals surface area contributed by atoms with Crippen LogP contribution in [0.2, 0.25) is 0 Å². The van der Waals surface area contributed by atoms with Gasteiger partial charge in [-0.05, 0) is 25.2 Å². The van der Waals surface area contributed by atoms with Crippen LogP contribution in [0, 0.1) is 11.8 Å². The van der Waals surface area contributed by atoms with Crippen molar-refractivity contribution in [3.63, 3.8) is 0 Å². The number of halogens is 3. The Bertz CT molecular complexity index is 318. The summed E-state index contributed by atoms with van der Waals surface area (Å²) >= 11 is 0. The molecule has 0 radical (unpaired) electrons. The summed E-state index contributed by atoms with van der Waals surface area (Å²) in [6.07, 6.45) is -1.79. The molecule has 3 unspecified atom stereocenters. The first kappa shape index (κ1) is 17.3. The van der Waals surface area contributed by atoms with E-state index in [1.807, 2.05) is 13.8 Å². The van der Waals surface area contributed by atoms with Crippen LogP contribution in [-0.2, 0) is 9.53 Å². The van der Waals surface area contributed by atoms with E-state index in [0.717, 1.165) is 6.42 Å². The van der Waals surface area contributed by atoms with Crippen molar-refractivity contribution in [2.45, 2.75) is 64.2 Å². The van der Waals surface area contributed by atoms with Gasteiger partial charge in [0.1, 0.15) is 6.04 Å². The molecule has 0 aromatic rings. The molecule has 0 saturated heterocycles. The van der Waals surface area contributed by atoms with Gasteiger partial charge in [-0.15, -0.1) is 0 Å². The molecule has 1 saturated carbocycles. The zero-order valence-electron chi connectivity index (χ0n) is 12.3. The third-order valence-corrected chi connectivity index (χ3v) is 3.79. The molecule has 1 aliphatic rings. The number of carbonyl (C=O) groups is 1. The molecule has 0 spiro atoms. The van der Waals surface area contributed by atoms with Crippen molar-refractivity contribution in [2.75, 3.05) is 7.11 Å². The number of hydrogen-bond acceptors (Lipinski definition) is 3. The van der Waals surface area contributed by atoms with E-state index in [-0.39, 0.29) is 12.3 Å². The molecule has 118 valence electrons. The summed E-state index contributed by atoms with van der Waals surface area (Å²) in [4.78, 5) is 11.7. The Balaban J connectivity index is 2.76. The van der Waals surface area contributed by atoms with Crippen LogP contribution in [0.15, 0.2) is 0 Å². The van der Waals surface area contributed by atoms with Crippen molar-refractivity contribution in [3.8, 4) is 0 Å². The monoisotopic (exact) mass is 295 g/mol. The second-order valence-electron chi connectivity index (χ2n) is 5.91. The van der Waals surface area contributed by atoms with Crippen LogP contribution in [0.1, 0.15) is 46.0 Å². The lowest BCUT2D eigenvalue weighted by atomic mass is 9.83. The van der Waals surface area contributed by atoms with E-state index in [4.69, 9.17) is 4.74 Å². The van der Waals surface area contributed by atoms with Crippen LogP contribution < -0.4 is 5.32 Å². The Hall–Kier alpha value is -0.780. The van der Waals surface area contributed by atoms with Gasteiger partial charge >= 0.3 is 12.1 Å². The molecule has 20 heavy (non-hydrogen) atoms. The average Bonchev–Trinajstić information content (AvgIpc) is 2.36. The average molecular weight is 295 g/mol. The van der Waals surface area contributed by atoms with Crippen molar-refractivity contribution >= 4 is 5.97 Å². The van der Waals surface area contributed by atoms with E-state index < -0.39 is 30.1 Å². The van der Waals surface area contributed by atoms with E-state index in [9.17, 15) is 18.0 Å². The van der Waals surface area contributed by atoms with Gasteiger partial charge in [0.05, 0.1) is 13.0 Å². The van der Waals surface area contributed by atoms with Gasteiger partial charge in [0.15, 0.2) is 0 Å². The highest BCUT2D eigenvalue weighted by Crippen LogP contribution is 2.38. The molecule has 0 aliphatic heterocycles. The second-order valence-corrected chi connectivity index (χ2v) is 5.91. The minimum atomic E-state index is -4.21. The van der Waals surface area contributed by atoms with Gasteiger partial charge in [0, 0.05) is 6.04 Å². The fourth-order valence-corrected chi connectivity index (χ4v) is 2.83. The van der Waals surface area contributed by atoms with Gasteiger partial charge in [0.25, 0.3) is 0 Å². The Morgan fingerprint density at radius 2 is 1.90 bits per heavy atom. The van der Waals surface area contributed by atoms with E-state index >= 15 is 0 Å². The molecule has 1 rings (SSSR count). The summed E-state index contributed by atoms with van der Waals surface area (Å²) < 4.78 is 43.8. The molecule has 1 N–H and O–H groups in total. The third-order valence-electron chi connectivity index (χ3n) is 3.79. The van der Waals surface area contributed by atoms with Gasteiger partial charge in [-0.2, -0.15) is 13.2 Å². The molecule has 3 atom stereocenters. The molecule has 0 amide bonds. The van der Waals surface area contributed by atoms with Crippen molar-refractivity contribution < 1.29 is 22.7 Å². The Kier molecular flexibility index (Phi) is 6.30. The molecule has 0 heterocycles. The smallest absolute Gasteiger partial charge is 0.393 e. The molecule has 6 heteroatoms. The van der Waals surface area contributed by atoms with E-state index in [1.165, 1.54) is 7.11 Å². The topological polar surface area (TPSA) is 38.3 Å². The molecule has 1 aliphatic carbocycles. The summed E-state index contributed by atoms with van der Waals surface area (Å²) in [5.74, 6) is -1.64. The largest absolute Gasteiger partial charge is 0.468 e. The number of rotatable bonds is 5. The Labute approximate surface area is 118 Å². The molecule has 1 fully saturated rings. The normalized spacial score (nSPS) is 25.6. The third kappa shape index (κ3) is 4.96. The van der Waals surface area contributed by atoms with Crippen molar-refractivity contribution in [2.24, 2.45) is 11.8 Å². The zero-order chi connectivity index (χ0) is 15.3.